The second-order valence-electron chi connectivity index (χ2n) is 8.05. The summed E-state index contributed by atoms with van der Waals surface area (Å²) in [5.74, 6) is 0. The molecule has 1 aliphatic carbocycles. The monoisotopic (exact) mass is 351 g/mol. The number of anilines is 2. The van der Waals surface area contributed by atoms with Crippen molar-refractivity contribution in [3.8, 4) is 0 Å². The Kier molecular flexibility index (Phi) is 3.55. The van der Waals surface area contributed by atoms with Gasteiger partial charge in [-0.3, -0.25) is 0 Å². The third-order valence-electron chi connectivity index (χ3n) is 6.26. The molecular formula is C26H25N. The minimum Gasteiger partial charge on any atom is -0.344 e. The summed E-state index contributed by atoms with van der Waals surface area (Å²) in [6, 6.07) is 20.5. The first-order chi connectivity index (χ1) is 13.0. The Hall–Kier alpha value is -2.80. The molecule has 1 aliphatic rings. The SMILES string of the molecule is Cc1ccc(N(C)c2ccc3c4c2cc(C)c2c(C)ccc(c24)CC3)cc1. The lowest BCUT2D eigenvalue weighted by molar-refractivity contribution is 0.966. The number of rotatable bonds is 2. The van der Waals surface area contributed by atoms with Crippen molar-refractivity contribution in [2.24, 2.45) is 0 Å². The highest BCUT2D eigenvalue weighted by Crippen LogP contribution is 2.43. The van der Waals surface area contributed by atoms with Gasteiger partial charge in [0, 0.05) is 23.8 Å². The quantitative estimate of drug-likeness (QED) is 0.360. The first kappa shape index (κ1) is 16.4. The van der Waals surface area contributed by atoms with Crippen LogP contribution in [0, 0.1) is 20.8 Å². The van der Waals surface area contributed by atoms with Crippen molar-refractivity contribution < 1.29 is 0 Å². The smallest absolute Gasteiger partial charge is 0.0488 e. The van der Waals surface area contributed by atoms with E-state index >= 15 is 0 Å². The largest absolute Gasteiger partial charge is 0.344 e. The van der Waals surface area contributed by atoms with Gasteiger partial charge in [-0.25, -0.2) is 0 Å². The van der Waals surface area contributed by atoms with Crippen LogP contribution in [0.3, 0.4) is 0 Å². The van der Waals surface area contributed by atoms with Crippen LogP contribution in [-0.4, -0.2) is 7.05 Å². The Bertz CT molecular complexity index is 1200. The first-order valence-electron chi connectivity index (χ1n) is 9.82. The van der Waals surface area contributed by atoms with Crippen molar-refractivity contribution in [2.45, 2.75) is 33.6 Å². The fourth-order valence-electron chi connectivity index (χ4n) is 4.81. The van der Waals surface area contributed by atoms with Gasteiger partial charge >= 0.3 is 0 Å². The van der Waals surface area contributed by atoms with Gasteiger partial charge in [0.15, 0.2) is 0 Å². The van der Waals surface area contributed by atoms with E-state index < -0.39 is 0 Å². The van der Waals surface area contributed by atoms with Crippen molar-refractivity contribution in [1.82, 2.24) is 0 Å². The van der Waals surface area contributed by atoms with E-state index in [0.29, 0.717) is 0 Å². The third-order valence-corrected chi connectivity index (χ3v) is 6.26. The average Bonchev–Trinajstić information content (AvgIpc) is 2.67. The normalized spacial score (nSPS) is 12.9. The second-order valence-corrected chi connectivity index (χ2v) is 8.05. The van der Waals surface area contributed by atoms with Crippen LogP contribution in [0.4, 0.5) is 11.4 Å². The lowest BCUT2D eigenvalue weighted by atomic mass is 9.83. The van der Waals surface area contributed by atoms with Gasteiger partial charge in [-0.2, -0.15) is 0 Å². The molecule has 0 amide bonds. The van der Waals surface area contributed by atoms with Gasteiger partial charge in [-0.15, -0.1) is 0 Å². The molecule has 4 aromatic carbocycles. The summed E-state index contributed by atoms with van der Waals surface area (Å²) in [5.41, 5.74) is 9.59. The molecule has 0 fully saturated rings. The van der Waals surface area contributed by atoms with Gasteiger partial charge in [-0.05, 0) is 96.3 Å². The zero-order valence-corrected chi connectivity index (χ0v) is 16.6. The Balaban J connectivity index is 1.85. The summed E-state index contributed by atoms with van der Waals surface area (Å²) in [7, 11) is 2.18. The summed E-state index contributed by atoms with van der Waals surface area (Å²) < 4.78 is 0. The molecule has 27 heavy (non-hydrogen) atoms. The van der Waals surface area contributed by atoms with Gasteiger partial charge in [0.25, 0.3) is 0 Å². The summed E-state index contributed by atoms with van der Waals surface area (Å²) in [5, 5.41) is 5.80. The van der Waals surface area contributed by atoms with Crippen LogP contribution in [0.5, 0.6) is 0 Å². The van der Waals surface area contributed by atoms with Gasteiger partial charge in [-0.1, -0.05) is 35.9 Å². The summed E-state index contributed by atoms with van der Waals surface area (Å²) in [4.78, 5) is 2.33. The van der Waals surface area contributed by atoms with E-state index in [4.69, 9.17) is 0 Å². The molecule has 0 saturated heterocycles. The minimum absolute atomic E-state index is 1.14. The van der Waals surface area contributed by atoms with Crippen LogP contribution >= 0.6 is 0 Å². The minimum atomic E-state index is 1.14. The van der Waals surface area contributed by atoms with Gasteiger partial charge in [0.05, 0.1) is 0 Å². The molecule has 0 N–H and O–H groups in total. The molecule has 0 aromatic heterocycles. The Labute approximate surface area is 161 Å². The maximum absolute atomic E-state index is 2.41. The van der Waals surface area contributed by atoms with Crippen LogP contribution in [-0.2, 0) is 12.8 Å². The molecule has 5 rings (SSSR count). The molecule has 1 nitrogen and oxygen atoms in total. The molecule has 4 aromatic rings. The predicted molar refractivity (Wildman–Crippen MR) is 118 cm³/mol. The second kappa shape index (κ2) is 5.85. The Morgan fingerprint density at radius 3 is 2.07 bits per heavy atom. The molecule has 0 atom stereocenters. The predicted octanol–water partition coefficient (Wildman–Crippen LogP) is 6.78. The van der Waals surface area contributed by atoms with E-state index in [1.807, 2.05) is 0 Å². The van der Waals surface area contributed by atoms with E-state index in [0.717, 1.165) is 12.8 Å². The number of benzene rings is 4. The van der Waals surface area contributed by atoms with Crippen molar-refractivity contribution in [2.75, 3.05) is 11.9 Å². The van der Waals surface area contributed by atoms with E-state index in [-0.39, 0.29) is 0 Å². The Morgan fingerprint density at radius 2 is 1.33 bits per heavy atom. The van der Waals surface area contributed by atoms with Crippen LogP contribution in [0.1, 0.15) is 27.8 Å². The highest BCUT2D eigenvalue weighted by Gasteiger charge is 2.20. The molecule has 1 heteroatoms. The van der Waals surface area contributed by atoms with Crippen LogP contribution < -0.4 is 4.90 Å². The van der Waals surface area contributed by atoms with E-state index in [2.05, 4.69) is 87.3 Å². The third kappa shape index (κ3) is 2.38. The van der Waals surface area contributed by atoms with E-state index in [9.17, 15) is 0 Å². The lowest BCUT2D eigenvalue weighted by Crippen LogP contribution is -2.11. The van der Waals surface area contributed by atoms with Crippen molar-refractivity contribution in [1.29, 1.82) is 0 Å². The maximum Gasteiger partial charge on any atom is 0.0488 e. The fourth-order valence-corrected chi connectivity index (χ4v) is 4.81. The molecule has 0 spiro atoms. The van der Waals surface area contributed by atoms with Crippen molar-refractivity contribution >= 4 is 32.9 Å². The lowest BCUT2D eigenvalue weighted by Gasteiger charge is -2.26. The molecule has 0 heterocycles. The zero-order valence-electron chi connectivity index (χ0n) is 16.6. The van der Waals surface area contributed by atoms with E-state index in [1.54, 1.807) is 0 Å². The zero-order chi connectivity index (χ0) is 18.7. The highest BCUT2D eigenvalue weighted by atomic mass is 15.1. The first-order valence-corrected chi connectivity index (χ1v) is 9.82. The number of nitrogens with zero attached hydrogens (tertiary/aromatic N) is 1. The van der Waals surface area contributed by atoms with Gasteiger partial charge in [0.1, 0.15) is 0 Å². The number of hydrogen-bond donors (Lipinski definition) is 0. The van der Waals surface area contributed by atoms with Crippen LogP contribution in [0.15, 0.2) is 54.6 Å². The van der Waals surface area contributed by atoms with Gasteiger partial charge < -0.3 is 4.90 Å². The maximum atomic E-state index is 2.41. The van der Waals surface area contributed by atoms with E-state index in [1.165, 1.54) is 60.7 Å². The molecule has 0 saturated carbocycles. The summed E-state index contributed by atoms with van der Waals surface area (Å²) in [6.07, 6.45) is 2.29. The standard InChI is InChI=1S/C26H25N/c1-16-5-12-21(13-6-16)27(4)23-14-11-19-9-10-20-8-7-17(2)24-18(3)15-22(23)25(19)26(20)24/h5-8,11-15H,9-10H2,1-4H3. The molecule has 134 valence electrons. The summed E-state index contributed by atoms with van der Waals surface area (Å²) in [6.45, 7) is 6.65. The fraction of sp³-hybridized carbons (Fsp3) is 0.231. The Morgan fingerprint density at radius 1 is 0.667 bits per heavy atom. The van der Waals surface area contributed by atoms with Crippen LogP contribution in [0.25, 0.3) is 21.5 Å². The van der Waals surface area contributed by atoms with Crippen molar-refractivity contribution in [3.63, 3.8) is 0 Å². The molecular weight excluding hydrogens is 326 g/mol. The van der Waals surface area contributed by atoms with Crippen molar-refractivity contribution in [3.05, 3.63) is 82.4 Å². The molecule has 0 unspecified atom stereocenters. The summed E-state index contributed by atoms with van der Waals surface area (Å²) >= 11 is 0. The molecule has 0 aliphatic heterocycles. The number of aryl methyl sites for hydroxylation is 5. The average molecular weight is 351 g/mol. The number of hydrogen-bond acceptors (Lipinski definition) is 1. The van der Waals surface area contributed by atoms with Gasteiger partial charge in [0.2, 0.25) is 0 Å². The highest BCUT2D eigenvalue weighted by molar-refractivity contribution is 6.17. The topological polar surface area (TPSA) is 3.24 Å². The molecule has 0 bridgehead atoms. The van der Waals surface area contributed by atoms with Crippen LogP contribution in [0.2, 0.25) is 0 Å². The molecule has 0 radical (unpaired) electrons.